The molecule has 0 atom stereocenters. The van der Waals surface area contributed by atoms with E-state index in [1.807, 2.05) is 24.3 Å². The molecule has 0 radical (unpaired) electrons. The molecule has 26 heavy (non-hydrogen) atoms. The number of nitrogens with zero attached hydrogens (tertiary/aromatic N) is 1. The minimum atomic E-state index is -0.126. The number of nitrogens with one attached hydrogen (secondary N) is 3. The van der Waals surface area contributed by atoms with Crippen LogP contribution in [0.25, 0.3) is 11.3 Å². The van der Waals surface area contributed by atoms with E-state index in [1.54, 1.807) is 6.07 Å². The molecule has 5 nitrogen and oxygen atoms in total. The van der Waals surface area contributed by atoms with Crippen LogP contribution in [0.2, 0.25) is 5.02 Å². The Morgan fingerprint density at radius 3 is 2.46 bits per heavy atom. The average molecular weight is 397 g/mol. The summed E-state index contributed by atoms with van der Waals surface area (Å²) in [5, 5.41) is 14.5. The van der Waals surface area contributed by atoms with E-state index in [0.717, 1.165) is 18.4 Å². The largest absolute Gasteiger partial charge is 0.348 e. The number of carbonyl (C=O) groups is 1. The van der Waals surface area contributed by atoms with Crippen LogP contribution in [0.1, 0.15) is 51.0 Å². The molecule has 1 aliphatic rings. The van der Waals surface area contributed by atoms with Gasteiger partial charge in [-0.1, -0.05) is 23.7 Å². The molecule has 3 rings (SSSR count). The van der Waals surface area contributed by atoms with Gasteiger partial charge in [-0.15, -0.1) is 12.4 Å². The summed E-state index contributed by atoms with van der Waals surface area (Å²) in [5.41, 5.74) is 2.02. The molecule has 142 valence electrons. The highest BCUT2D eigenvalue weighted by Crippen LogP contribution is 2.29. The van der Waals surface area contributed by atoms with Gasteiger partial charge in [0, 0.05) is 27.7 Å². The number of piperidine rings is 1. The monoisotopic (exact) mass is 396 g/mol. The molecule has 2 heterocycles. The average Bonchev–Trinajstić information content (AvgIpc) is 2.93. The molecule has 1 fully saturated rings. The molecule has 7 heteroatoms. The van der Waals surface area contributed by atoms with E-state index < -0.39 is 0 Å². The second kappa shape index (κ2) is 7.59. The first-order valence-electron chi connectivity index (χ1n) is 8.55. The molecular formula is C19H26Cl2N4O. The lowest BCUT2D eigenvalue weighted by atomic mass is 9.79. The van der Waals surface area contributed by atoms with Crippen LogP contribution < -0.4 is 10.6 Å². The van der Waals surface area contributed by atoms with Gasteiger partial charge < -0.3 is 10.6 Å². The Morgan fingerprint density at radius 1 is 1.19 bits per heavy atom. The van der Waals surface area contributed by atoms with Gasteiger partial charge in [0.25, 0.3) is 5.91 Å². The van der Waals surface area contributed by atoms with Crippen LogP contribution in [0, 0.1) is 0 Å². The van der Waals surface area contributed by atoms with Crippen LogP contribution in [0.4, 0.5) is 0 Å². The van der Waals surface area contributed by atoms with Gasteiger partial charge in [0.2, 0.25) is 0 Å². The molecule has 0 saturated carbocycles. The maximum absolute atomic E-state index is 12.6. The predicted octanol–water partition coefficient (Wildman–Crippen LogP) is 4.19. The third-order valence-corrected chi connectivity index (χ3v) is 4.70. The number of hydrogen-bond donors (Lipinski definition) is 3. The third kappa shape index (κ3) is 5.00. The Balaban J connectivity index is 0.00000243. The van der Waals surface area contributed by atoms with Gasteiger partial charge in [0.05, 0.1) is 5.69 Å². The topological polar surface area (TPSA) is 69.8 Å². The first-order chi connectivity index (χ1) is 11.6. The zero-order chi connectivity index (χ0) is 18.2. The van der Waals surface area contributed by atoms with E-state index in [1.165, 1.54) is 0 Å². The maximum atomic E-state index is 12.6. The summed E-state index contributed by atoms with van der Waals surface area (Å²) in [4.78, 5) is 12.6. The first kappa shape index (κ1) is 20.7. The van der Waals surface area contributed by atoms with Gasteiger partial charge in [-0.2, -0.15) is 5.10 Å². The Morgan fingerprint density at radius 2 is 1.85 bits per heavy atom. The summed E-state index contributed by atoms with van der Waals surface area (Å²) in [7, 11) is 0. The second-order valence-electron chi connectivity index (χ2n) is 8.15. The number of aromatic nitrogens is 2. The van der Waals surface area contributed by atoms with Crippen LogP contribution in [-0.2, 0) is 0 Å². The molecule has 0 aliphatic carbocycles. The third-order valence-electron chi connectivity index (χ3n) is 4.47. The fraction of sp³-hybridized carbons (Fsp3) is 0.474. The van der Waals surface area contributed by atoms with Crippen LogP contribution in [-0.4, -0.2) is 33.2 Å². The maximum Gasteiger partial charge on any atom is 0.269 e. The number of H-pyrrole nitrogens is 1. The SMILES string of the molecule is CC1(C)CC(NC(=O)c2cc(-c3cccc(Cl)c3)n[nH]2)CC(C)(C)N1.Cl. The molecule has 1 amide bonds. The zero-order valence-corrected chi connectivity index (χ0v) is 17.1. The van der Waals surface area contributed by atoms with Gasteiger partial charge in [-0.05, 0) is 58.7 Å². The Labute approximate surface area is 165 Å². The summed E-state index contributed by atoms with van der Waals surface area (Å²) in [6.45, 7) is 8.67. The molecular weight excluding hydrogens is 371 g/mol. The van der Waals surface area contributed by atoms with Crippen molar-refractivity contribution in [3.05, 3.63) is 41.0 Å². The van der Waals surface area contributed by atoms with Gasteiger partial charge in [-0.25, -0.2) is 0 Å². The van der Waals surface area contributed by atoms with Crippen molar-refractivity contribution in [3.63, 3.8) is 0 Å². The summed E-state index contributed by atoms with van der Waals surface area (Å²) in [6.07, 6.45) is 1.77. The first-order valence-corrected chi connectivity index (χ1v) is 8.93. The standard InChI is InChI=1S/C19H25ClN4O.ClH/c1-18(2)10-14(11-19(3,4)24-18)21-17(25)16-9-15(22-23-16)12-6-5-7-13(20)8-12;/h5-9,14,24H,10-11H2,1-4H3,(H,21,25)(H,22,23);1H. The van der Waals surface area contributed by atoms with E-state index in [2.05, 4.69) is 48.5 Å². The molecule has 0 unspecified atom stereocenters. The van der Waals surface area contributed by atoms with E-state index in [9.17, 15) is 4.79 Å². The lowest BCUT2D eigenvalue weighted by Gasteiger charge is -2.46. The molecule has 0 spiro atoms. The highest BCUT2D eigenvalue weighted by atomic mass is 35.5. The Hall–Kier alpha value is -1.56. The van der Waals surface area contributed by atoms with Crippen molar-refractivity contribution in [3.8, 4) is 11.3 Å². The molecule has 0 bridgehead atoms. The van der Waals surface area contributed by atoms with Crippen molar-refractivity contribution in [2.75, 3.05) is 0 Å². The zero-order valence-electron chi connectivity index (χ0n) is 15.5. The Bertz CT molecular complexity index is 769. The second-order valence-corrected chi connectivity index (χ2v) is 8.59. The minimum Gasteiger partial charge on any atom is -0.348 e. The lowest BCUT2D eigenvalue weighted by Crippen LogP contribution is -2.62. The van der Waals surface area contributed by atoms with Crippen molar-refractivity contribution in [2.45, 2.75) is 57.7 Å². The van der Waals surface area contributed by atoms with Gasteiger partial charge in [-0.3, -0.25) is 9.89 Å². The number of carbonyl (C=O) groups excluding carboxylic acids is 1. The number of rotatable bonds is 3. The van der Waals surface area contributed by atoms with E-state index >= 15 is 0 Å². The van der Waals surface area contributed by atoms with Crippen molar-refractivity contribution in [1.29, 1.82) is 0 Å². The lowest BCUT2D eigenvalue weighted by molar-refractivity contribution is 0.0868. The summed E-state index contributed by atoms with van der Waals surface area (Å²) >= 11 is 6.02. The van der Waals surface area contributed by atoms with Crippen LogP contribution in [0.3, 0.4) is 0 Å². The highest BCUT2D eigenvalue weighted by molar-refractivity contribution is 6.30. The number of amides is 1. The number of halogens is 2. The van der Waals surface area contributed by atoms with Crippen molar-refractivity contribution < 1.29 is 4.79 Å². The minimum absolute atomic E-state index is 0. The van der Waals surface area contributed by atoms with Gasteiger partial charge in [0.1, 0.15) is 5.69 Å². The molecule has 1 aromatic carbocycles. The predicted molar refractivity (Wildman–Crippen MR) is 108 cm³/mol. The smallest absolute Gasteiger partial charge is 0.269 e. The van der Waals surface area contributed by atoms with E-state index in [0.29, 0.717) is 16.4 Å². The number of benzene rings is 1. The van der Waals surface area contributed by atoms with Crippen LogP contribution in [0.5, 0.6) is 0 Å². The van der Waals surface area contributed by atoms with Gasteiger partial charge >= 0.3 is 0 Å². The summed E-state index contributed by atoms with van der Waals surface area (Å²) in [6, 6.07) is 9.31. The van der Waals surface area contributed by atoms with Crippen molar-refractivity contribution >= 4 is 29.9 Å². The van der Waals surface area contributed by atoms with Crippen LogP contribution in [0.15, 0.2) is 30.3 Å². The fourth-order valence-corrected chi connectivity index (χ4v) is 4.11. The highest BCUT2D eigenvalue weighted by Gasteiger charge is 2.38. The van der Waals surface area contributed by atoms with Crippen LogP contribution >= 0.6 is 24.0 Å². The molecule has 3 N–H and O–H groups in total. The van der Waals surface area contributed by atoms with E-state index in [-0.39, 0.29) is 35.4 Å². The summed E-state index contributed by atoms with van der Waals surface area (Å²) in [5.74, 6) is -0.126. The van der Waals surface area contributed by atoms with Crippen molar-refractivity contribution in [2.24, 2.45) is 0 Å². The number of aromatic amines is 1. The van der Waals surface area contributed by atoms with E-state index in [4.69, 9.17) is 11.6 Å². The molecule has 1 aliphatic heterocycles. The fourth-order valence-electron chi connectivity index (χ4n) is 3.92. The normalized spacial score (nSPS) is 18.8. The number of hydrogen-bond acceptors (Lipinski definition) is 3. The molecule has 1 aromatic heterocycles. The molecule has 2 aromatic rings. The van der Waals surface area contributed by atoms with Crippen molar-refractivity contribution in [1.82, 2.24) is 20.8 Å². The summed E-state index contributed by atoms with van der Waals surface area (Å²) < 4.78 is 0. The Kier molecular flexibility index (Phi) is 6.06. The van der Waals surface area contributed by atoms with Gasteiger partial charge in [0.15, 0.2) is 0 Å². The quantitative estimate of drug-likeness (QED) is 0.728. The molecule has 1 saturated heterocycles.